The third kappa shape index (κ3) is 2.92. The van der Waals surface area contributed by atoms with E-state index in [9.17, 15) is 4.79 Å². The van der Waals surface area contributed by atoms with Gasteiger partial charge in [-0.1, -0.05) is 0 Å². The molecule has 0 amide bonds. The maximum atomic E-state index is 11.0. The fourth-order valence-electron chi connectivity index (χ4n) is 2.49. The van der Waals surface area contributed by atoms with Crippen molar-refractivity contribution in [2.75, 3.05) is 25.0 Å². The number of aromatic carboxylic acids is 1. The van der Waals surface area contributed by atoms with Gasteiger partial charge in [0.05, 0.1) is 5.56 Å². The number of carbonyl (C=O) groups is 1. The van der Waals surface area contributed by atoms with Crippen molar-refractivity contribution in [3.8, 4) is 0 Å². The molecule has 1 aliphatic heterocycles. The summed E-state index contributed by atoms with van der Waals surface area (Å²) in [6.07, 6.45) is 0. The molecule has 104 valence electrons. The monoisotopic (exact) mass is 326 g/mol. The van der Waals surface area contributed by atoms with Gasteiger partial charge in [-0.05, 0) is 55.0 Å². The number of anilines is 1. The zero-order valence-corrected chi connectivity index (χ0v) is 13.0. The minimum atomic E-state index is -0.904. The fourth-order valence-corrected chi connectivity index (χ4v) is 3.03. The molecule has 2 unspecified atom stereocenters. The standard InChI is InChI=1S/C14H19BrN2O2/c1-9-7-17(8-10(2)16(9)3)11-4-5-12(14(18)19)13(15)6-11/h4-6,9-10H,7-8H2,1-3H3,(H,18,19). The average molecular weight is 327 g/mol. The van der Waals surface area contributed by atoms with E-state index in [0.29, 0.717) is 22.1 Å². The van der Waals surface area contributed by atoms with Gasteiger partial charge in [0.1, 0.15) is 0 Å². The van der Waals surface area contributed by atoms with Gasteiger partial charge in [0.25, 0.3) is 0 Å². The van der Waals surface area contributed by atoms with Gasteiger partial charge < -0.3 is 10.0 Å². The topological polar surface area (TPSA) is 43.8 Å². The second-order valence-corrected chi connectivity index (χ2v) is 6.09. The third-order valence-electron chi connectivity index (χ3n) is 3.91. The average Bonchev–Trinajstić information content (AvgIpc) is 2.34. The second-order valence-electron chi connectivity index (χ2n) is 5.24. The fraction of sp³-hybridized carbons (Fsp3) is 0.500. The first kappa shape index (κ1) is 14.3. The van der Waals surface area contributed by atoms with E-state index >= 15 is 0 Å². The molecule has 1 heterocycles. The molecule has 1 aliphatic rings. The molecule has 0 saturated carbocycles. The minimum Gasteiger partial charge on any atom is -0.478 e. The highest BCUT2D eigenvalue weighted by atomic mass is 79.9. The van der Waals surface area contributed by atoms with Gasteiger partial charge in [-0.2, -0.15) is 0 Å². The Labute approximate surface area is 122 Å². The van der Waals surface area contributed by atoms with Crippen LogP contribution < -0.4 is 4.90 Å². The summed E-state index contributed by atoms with van der Waals surface area (Å²) in [5.74, 6) is -0.904. The Morgan fingerprint density at radius 3 is 2.37 bits per heavy atom. The van der Waals surface area contributed by atoms with E-state index in [1.807, 2.05) is 12.1 Å². The summed E-state index contributed by atoms with van der Waals surface area (Å²) in [5, 5.41) is 9.04. The molecule has 4 nitrogen and oxygen atoms in total. The largest absolute Gasteiger partial charge is 0.478 e. The Kier molecular flexibility index (Phi) is 4.16. The molecular weight excluding hydrogens is 308 g/mol. The van der Waals surface area contributed by atoms with Crippen LogP contribution in [0.2, 0.25) is 0 Å². The minimum absolute atomic E-state index is 0.305. The maximum Gasteiger partial charge on any atom is 0.336 e. The zero-order valence-electron chi connectivity index (χ0n) is 11.4. The van der Waals surface area contributed by atoms with Crippen molar-refractivity contribution >= 4 is 27.6 Å². The highest BCUT2D eigenvalue weighted by Gasteiger charge is 2.26. The van der Waals surface area contributed by atoms with Crippen LogP contribution in [0.1, 0.15) is 24.2 Å². The van der Waals surface area contributed by atoms with Crippen LogP contribution in [0.3, 0.4) is 0 Å². The van der Waals surface area contributed by atoms with Gasteiger partial charge >= 0.3 is 5.97 Å². The lowest BCUT2D eigenvalue weighted by atomic mass is 10.1. The molecule has 1 aromatic carbocycles. The SMILES string of the molecule is CC1CN(c2ccc(C(=O)O)c(Br)c2)CC(C)N1C. The van der Waals surface area contributed by atoms with Gasteiger partial charge in [0.2, 0.25) is 0 Å². The normalized spacial score (nSPS) is 24.5. The number of hydrogen-bond donors (Lipinski definition) is 1. The van der Waals surface area contributed by atoms with Gasteiger partial charge in [-0.25, -0.2) is 4.79 Å². The Morgan fingerprint density at radius 2 is 1.89 bits per heavy atom. The molecule has 19 heavy (non-hydrogen) atoms. The summed E-state index contributed by atoms with van der Waals surface area (Å²) < 4.78 is 0.636. The second kappa shape index (κ2) is 5.51. The van der Waals surface area contributed by atoms with Crippen molar-refractivity contribution in [1.29, 1.82) is 0 Å². The highest BCUT2D eigenvalue weighted by molar-refractivity contribution is 9.10. The van der Waals surface area contributed by atoms with Crippen LogP contribution in [-0.4, -0.2) is 48.2 Å². The van der Waals surface area contributed by atoms with Crippen LogP contribution in [-0.2, 0) is 0 Å². The Balaban J connectivity index is 2.23. The maximum absolute atomic E-state index is 11.0. The van der Waals surface area contributed by atoms with Crippen LogP contribution in [0.4, 0.5) is 5.69 Å². The van der Waals surface area contributed by atoms with Crippen LogP contribution in [0, 0.1) is 0 Å². The lowest BCUT2D eigenvalue weighted by Gasteiger charge is -2.43. The number of hydrogen-bond acceptors (Lipinski definition) is 3. The molecule has 0 aliphatic carbocycles. The molecular formula is C14H19BrN2O2. The molecule has 0 spiro atoms. The molecule has 0 bridgehead atoms. The summed E-state index contributed by atoms with van der Waals surface area (Å²) in [6.45, 7) is 6.34. The van der Waals surface area contributed by atoms with Gasteiger partial charge in [0, 0.05) is 35.3 Å². The molecule has 2 rings (SSSR count). The van der Waals surface area contributed by atoms with E-state index in [0.717, 1.165) is 18.8 Å². The summed E-state index contributed by atoms with van der Waals surface area (Å²) in [4.78, 5) is 15.7. The third-order valence-corrected chi connectivity index (χ3v) is 4.56. The van der Waals surface area contributed by atoms with Crippen molar-refractivity contribution in [3.05, 3.63) is 28.2 Å². The van der Waals surface area contributed by atoms with Crippen LogP contribution >= 0.6 is 15.9 Å². The number of carboxylic acids is 1. The van der Waals surface area contributed by atoms with Crippen molar-refractivity contribution in [1.82, 2.24) is 4.90 Å². The Bertz CT molecular complexity index is 480. The zero-order chi connectivity index (χ0) is 14.2. The lowest BCUT2D eigenvalue weighted by molar-refractivity contribution is 0.0696. The number of rotatable bonds is 2. The van der Waals surface area contributed by atoms with E-state index in [1.54, 1.807) is 6.07 Å². The first-order chi connectivity index (χ1) is 8.90. The summed E-state index contributed by atoms with van der Waals surface area (Å²) in [7, 11) is 2.15. The highest BCUT2D eigenvalue weighted by Crippen LogP contribution is 2.27. The number of piperazine rings is 1. The molecule has 5 heteroatoms. The Morgan fingerprint density at radius 1 is 1.32 bits per heavy atom. The lowest BCUT2D eigenvalue weighted by Crippen LogP contribution is -2.55. The van der Waals surface area contributed by atoms with Crippen molar-refractivity contribution in [2.45, 2.75) is 25.9 Å². The predicted octanol–water partition coefficient (Wildman–Crippen LogP) is 2.68. The molecule has 2 atom stereocenters. The van der Waals surface area contributed by atoms with Gasteiger partial charge in [-0.3, -0.25) is 4.90 Å². The van der Waals surface area contributed by atoms with Crippen molar-refractivity contribution in [3.63, 3.8) is 0 Å². The van der Waals surface area contributed by atoms with Gasteiger partial charge in [0.15, 0.2) is 0 Å². The van der Waals surface area contributed by atoms with E-state index in [2.05, 4.69) is 46.6 Å². The number of likely N-dealkylation sites (N-methyl/N-ethyl adjacent to an activating group) is 1. The molecule has 0 radical (unpaired) electrons. The number of halogens is 1. The predicted molar refractivity (Wildman–Crippen MR) is 80.0 cm³/mol. The smallest absolute Gasteiger partial charge is 0.336 e. The van der Waals surface area contributed by atoms with Gasteiger partial charge in [-0.15, -0.1) is 0 Å². The quantitative estimate of drug-likeness (QED) is 0.907. The number of nitrogens with zero attached hydrogens (tertiary/aromatic N) is 2. The summed E-state index contributed by atoms with van der Waals surface area (Å²) >= 11 is 3.34. The van der Waals surface area contributed by atoms with Crippen LogP contribution in [0.15, 0.2) is 22.7 Å². The first-order valence-electron chi connectivity index (χ1n) is 6.40. The molecule has 1 N–H and O–H groups in total. The van der Waals surface area contributed by atoms with E-state index in [4.69, 9.17) is 5.11 Å². The van der Waals surface area contributed by atoms with E-state index in [-0.39, 0.29) is 0 Å². The Hall–Kier alpha value is -1.07. The first-order valence-corrected chi connectivity index (χ1v) is 7.19. The summed E-state index contributed by atoms with van der Waals surface area (Å²) in [6, 6.07) is 6.42. The van der Waals surface area contributed by atoms with Crippen LogP contribution in [0.5, 0.6) is 0 Å². The van der Waals surface area contributed by atoms with Crippen molar-refractivity contribution < 1.29 is 9.90 Å². The molecule has 0 aromatic heterocycles. The van der Waals surface area contributed by atoms with Crippen molar-refractivity contribution in [2.24, 2.45) is 0 Å². The molecule has 1 fully saturated rings. The summed E-state index contributed by atoms with van der Waals surface area (Å²) in [5.41, 5.74) is 1.38. The van der Waals surface area contributed by atoms with Crippen LogP contribution in [0.25, 0.3) is 0 Å². The molecule has 1 aromatic rings. The van der Waals surface area contributed by atoms with E-state index < -0.39 is 5.97 Å². The number of benzene rings is 1. The molecule has 1 saturated heterocycles. The van der Waals surface area contributed by atoms with E-state index in [1.165, 1.54) is 0 Å². The number of carboxylic acid groups (broad SMARTS) is 1.